The minimum absolute atomic E-state index is 0.00676. The van der Waals surface area contributed by atoms with Gasteiger partial charge in [0.15, 0.2) is 11.6 Å². The van der Waals surface area contributed by atoms with Gasteiger partial charge in [-0.25, -0.2) is 14.4 Å². The van der Waals surface area contributed by atoms with Crippen molar-refractivity contribution >= 4 is 11.6 Å². The fourth-order valence-corrected chi connectivity index (χ4v) is 2.04. The fourth-order valence-electron chi connectivity index (χ4n) is 2.04. The SMILES string of the molecule is O=C(Nc1cnc(Oc2ccccc2F)nc1)C1CCOC1. The van der Waals surface area contributed by atoms with Crippen molar-refractivity contribution in [3.63, 3.8) is 0 Å². The Morgan fingerprint density at radius 1 is 1.32 bits per heavy atom. The third-order valence-corrected chi connectivity index (χ3v) is 3.23. The van der Waals surface area contributed by atoms with Crippen molar-refractivity contribution in [2.45, 2.75) is 6.42 Å². The zero-order valence-corrected chi connectivity index (χ0v) is 11.7. The number of para-hydroxylation sites is 1. The second-order valence-corrected chi connectivity index (χ2v) is 4.84. The molecule has 2 heterocycles. The van der Waals surface area contributed by atoms with Crippen LogP contribution in [0.2, 0.25) is 0 Å². The third kappa shape index (κ3) is 3.37. The second-order valence-electron chi connectivity index (χ2n) is 4.84. The van der Waals surface area contributed by atoms with E-state index in [9.17, 15) is 9.18 Å². The van der Waals surface area contributed by atoms with E-state index in [1.54, 1.807) is 12.1 Å². The van der Waals surface area contributed by atoms with E-state index in [2.05, 4.69) is 15.3 Å². The maximum absolute atomic E-state index is 13.4. The molecule has 6 nitrogen and oxygen atoms in total. The monoisotopic (exact) mass is 303 g/mol. The predicted molar refractivity (Wildman–Crippen MR) is 76.1 cm³/mol. The van der Waals surface area contributed by atoms with Crippen LogP contribution in [-0.4, -0.2) is 29.1 Å². The fraction of sp³-hybridized carbons (Fsp3) is 0.267. The number of benzene rings is 1. The minimum atomic E-state index is -0.496. The normalized spacial score (nSPS) is 17.2. The van der Waals surface area contributed by atoms with Crippen LogP contribution in [0.15, 0.2) is 36.7 Å². The van der Waals surface area contributed by atoms with Gasteiger partial charge in [0.1, 0.15) is 0 Å². The first-order valence-electron chi connectivity index (χ1n) is 6.85. The van der Waals surface area contributed by atoms with E-state index in [0.717, 1.165) is 0 Å². The summed E-state index contributed by atoms with van der Waals surface area (Å²) < 4.78 is 23.9. The van der Waals surface area contributed by atoms with E-state index in [1.807, 2.05) is 0 Å². The van der Waals surface area contributed by atoms with Crippen molar-refractivity contribution in [2.75, 3.05) is 18.5 Å². The van der Waals surface area contributed by atoms with Gasteiger partial charge >= 0.3 is 6.01 Å². The number of hydrogen-bond donors (Lipinski definition) is 1. The number of nitrogens with one attached hydrogen (secondary N) is 1. The Morgan fingerprint density at radius 3 is 2.77 bits per heavy atom. The number of nitrogens with zero attached hydrogens (tertiary/aromatic N) is 2. The maximum Gasteiger partial charge on any atom is 0.322 e. The molecule has 3 rings (SSSR count). The maximum atomic E-state index is 13.4. The number of aromatic nitrogens is 2. The van der Waals surface area contributed by atoms with Crippen molar-refractivity contribution in [1.82, 2.24) is 9.97 Å². The molecule has 2 aromatic rings. The van der Waals surface area contributed by atoms with Gasteiger partial charge in [-0.05, 0) is 18.6 Å². The van der Waals surface area contributed by atoms with Crippen LogP contribution in [0.3, 0.4) is 0 Å². The summed E-state index contributed by atoms with van der Waals surface area (Å²) in [7, 11) is 0. The summed E-state index contributed by atoms with van der Waals surface area (Å²) >= 11 is 0. The topological polar surface area (TPSA) is 73.3 Å². The molecule has 1 atom stereocenters. The number of carbonyl (C=O) groups excluding carboxylic acids is 1. The van der Waals surface area contributed by atoms with Crippen LogP contribution in [0.4, 0.5) is 10.1 Å². The number of amides is 1. The van der Waals surface area contributed by atoms with Crippen LogP contribution in [0.1, 0.15) is 6.42 Å². The van der Waals surface area contributed by atoms with Crippen LogP contribution in [0.25, 0.3) is 0 Å². The van der Waals surface area contributed by atoms with Gasteiger partial charge in [0.2, 0.25) is 5.91 Å². The van der Waals surface area contributed by atoms with Gasteiger partial charge in [-0.1, -0.05) is 12.1 Å². The van der Waals surface area contributed by atoms with Crippen molar-refractivity contribution in [3.8, 4) is 11.8 Å². The van der Waals surface area contributed by atoms with Crippen molar-refractivity contribution < 1.29 is 18.7 Å². The van der Waals surface area contributed by atoms with E-state index in [0.29, 0.717) is 25.3 Å². The zero-order chi connectivity index (χ0) is 15.4. The van der Waals surface area contributed by atoms with Crippen LogP contribution in [0.5, 0.6) is 11.8 Å². The lowest BCUT2D eigenvalue weighted by molar-refractivity contribution is -0.119. The smallest absolute Gasteiger partial charge is 0.322 e. The Balaban J connectivity index is 1.63. The van der Waals surface area contributed by atoms with E-state index >= 15 is 0 Å². The lowest BCUT2D eigenvalue weighted by atomic mass is 10.1. The number of ether oxygens (including phenoxy) is 2. The first-order chi connectivity index (χ1) is 10.7. The van der Waals surface area contributed by atoms with Crippen LogP contribution in [0, 0.1) is 11.7 Å². The molecule has 0 aliphatic carbocycles. The highest BCUT2D eigenvalue weighted by atomic mass is 19.1. The average molecular weight is 303 g/mol. The van der Waals surface area contributed by atoms with Crippen molar-refractivity contribution in [2.24, 2.45) is 5.92 Å². The van der Waals surface area contributed by atoms with Gasteiger partial charge < -0.3 is 14.8 Å². The Kier molecular flexibility index (Phi) is 4.24. The molecule has 0 saturated carbocycles. The quantitative estimate of drug-likeness (QED) is 0.938. The number of anilines is 1. The predicted octanol–water partition coefficient (Wildman–Crippen LogP) is 2.38. The summed E-state index contributed by atoms with van der Waals surface area (Å²) in [6.07, 6.45) is 3.54. The highest BCUT2D eigenvalue weighted by Gasteiger charge is 2.23. The molecule has 1 aliphatic heterocycles. The summed E-state index contributed by atoms with van der Waals surface area (Å²) in [5.41, 5.74) is 0.456. The first-order valence-corrected chi connectivity index (χ1v) is 6.85. The van der Waals surface area contributed by atoms with E-state index in [-0.39, 0.29) is 23.6 Å². The van der Waals surface area contributed by atoms with E-state index in [1.165, 1.54) is 24.5 Å². The van der Waals surface area contributed by atoms with Gasteiger partial charge in [-0.2, -0.15) is 0 Å². The molecule has 1 aromatic heterocycles. The van der Waals surface area contributed by atoms with Gasteiger partial charge in [-0.3, -0.25) is 4.79 Å². The van der Waals surface area contributed by atoms with Gasteiger partial charge in [0.25, 0.3) is 0 Å². The molecule has 1 saturated heterocycles. The van der Waals surface area contributed by atoms with Crippen LogP contribution >= 0.6 is 0 Å². The first kappa shape index (κ1) is 14.4. The molecule has 1 aromatic carbocycles. The molecule has 0 bridgehead atoms. The molecular weight excluding hydrogens is 289 g/mol. The Morgan fingerprint density at radius 2 is 2.09 bits per heavy atom. The molecule has 114 valence electrons. The third-order valence-electron chi connectivity index (χ3n) is 3.23. The van der Waals surface area contributed by atoms with Crippen molar-refractivity contribution in [1.29, 1.82) is 0 Å². The number of rotatable bonds is 4. The Hall–Kier alpha value is -2.54. The van der Waals surface area contributed by atoms with Gasteiger partial charge in [-0.15, -0.1) is 0 Å². The molecule has 0 radical (unpaired) electrons. The number of carbonyl (C=O) groups is 1. The molecule has 1 fully saturated rings. The zero-order valence-electron chi connectivity index (χ0n) is 11.7. The Labute approximate surface area is 126 Å². The minimum Gasteiger partial charge on any atom is -0.421 e. The second kappa shape index (κ2) is 6.48. The molecule has 1 aliphatic rings. The average Bonchev–Trinajstić information content (AvgIpc) is 3.06. The van der Waals surface area contributed by atoms with Crippen LogP contribution in [-0.2, 0) is 9.53 Å². The lowest BCUT2D eigenvalue weighted by Gasteiger charge is -2.09. The lowest BCUT2D eigenvalue weighted by Crippen LogP contribution is -2.22. The Bertz CT molecular complexity index is 657. The molecule has 22 heavy (non-hydrogen) atoms. The number of halogens is 1. The molecule has 0 spiro atoms. The van der Waals surface area contributed by atoms with Gasteiger partial charge in [0, 0.05) is 6.61 Å². The molecular formula is C15H14FN3O3. The molecule has 1 unspecified atom stereocenters. The summed E-state index contributed by atoms with van der Waals surface area (Å²) in [4.78, 5) is 19.8. The summed E-state index contributed by atoms with van der Waals surface area (Å²) in [5, 5.41) is 2.71. The summed E-state index contributed by atoms with van der Waals surface area (Å²) in [6, 6.07) is 5.99. The molecule has 7 heteroatoms. The van der Waals surface area contributed by atoms with E-state index in [4.69, 9.17) is 9.47 Å². The largest absolute Gasteiger partial charge is 0.421 e. The highest BCUT2D eigenvalue weighted by molar-refractivity contribution is 5.92. The summed E-state index contributed by atoms with van der Waals surface area (Å²) in [5.74, 6) is -0.717. The summed E-state index contributed by atoms with van der Waals surface area (Å²) in [6.45, 7) is 1.03. The number of hydrogen-bond acceptors (Lipinski definition) is 5. The van der Waals surface area contributed by atoms with Gasteiger partial charge in [0.05, 0.1) is 30.6 Å². The standard InChI is InChI=1S/C15H14FN3O3/c16-12-3-1-2-4-13(12)22-15-17-7-11(8-18-15)19-14(20)10-5-6-21-9-10/h1-4,7-8,10H,5-6,9H2,(H,19,20). The van der Waals surface area contributed by atoms with Crippen molar-refractivity contribution in [3.05, 3.63) is 42.5 Å². The highest BCUT2D eigenvalue weighted by Crippen LogP contribution is 2.21. The van der Waals surface area contributed by atoms with Crippen LogP contribution < -0.4 is 10.1 Å². The molecule has 1 amide bonds. The van der Waals surface area contributed by atoms with E-state index < -0.39 is 5.82 Å². The molecule has 1 N–H and O–H groups in total.